The highest BCUT2D eigenvalue weighted by Crippen LogP contribution is 2.24. The topological polar surface area (TPSA) is 55.0 Å². The van der Waals surface area contributed by atoms with Crippen LogP contribution in [0.4, 0.5) is 0 Å². The Morgan fingerprint density at radius 3 is 2.35 bits per heavy atom. The molecule has 4 nitrogen and oxygen atoms in total. The highest BCUT2D eigenvalue weighted by molar-refractivity contribution is 5.31. The highest BCUT2D eigenvalue weighted by Gasteiger charge is 2.13. The van der Waals surface area contributed by atoms with Gasteiger partial charge < -0.3 is 9.30 Å². The number of ether oxygens (including phenoxy) is 1. The van der Waals surface area contributed by atoms with Crippen molar-refractivity contribution >= 4 is 0 Å². The summed E-state index contributed by atoms with van der Waals surface area (Å²) in [6.07, 6.45) is 0. The van der Waals surface area contributed by atoms with Crippen LogP contribution in [-0.4, -0.2) is 11.2 Å². The molecule has 0 aliphatic rings. The monoisotopic (exact) mass is 310 g/mol. The molecule has 0 unspecified atom stereocenters. The van der Waals surface area contributed by atoms with Crippen molar-refractivity contribution < 1.29 is 4.74 Å². The Labute approximate surface area is 137 Å². The van der Waals surface area contributed by atoms with E-state index in [-0.39, 0.29) is 16.5 Å². The van der Waals surface area contributed by atoms with Gasteiger partial charge in [0.05, 0.1) is 6.54 Å². The number of benzene rings is 1. The lowest BCUT2D eigenvalue weighted by Crippen LogP contribution is -2.26. The van der Waals surface area contributed by atoms with E-state index in [9.17, 15) is 4.79 Å². The fourth-order valence-electron chi connectivity index (χ4n) is 2.34. The summed E-state index contributed by atoms with van der Waals surface area (Å²) in [5.74, 6) is 0.778. The van der Waals surface area contributed by atoms with E-state index in [2.05, 4.69) is 32.9 Å². The van der Waals surface area contributed by atoms with Crippen LogP contribution in [0.3, 0.4) is 0 Å². The quantitative estimate of drug-likeness (QED) is 0.869. The molecule has 1 aromatic carbocycles. The molecule has 0 saturated carbocycles. The van der Waals surface area contributed by atoms with Gasteiger partial charge >= 0.3 is 0 Å². The predicted molar refractivity (Wildman–Crippen MR) is 90.8 cm³/mol. The average molecular weight is 310 g/mol. The second-order valence-electron chi connectivity index (χ2n) is 6.58. The first-order chi connectivity index (χ1) is 10.8. The van der Waals surface area contributed by atoms with Crippen molar-refractivity contribution in [2.24, 2.45) is 0 Å². The molecule has 4 heteroatoms. The van der Waals surface area contributed by atoms with E-state index >= 15 is 0 Å². The van der Waals surface area contributed by atoms with Crippen molar-refractivity contribution in [3.05, 3.63) is 63.6 Å². The first-order valence-electron chi connectivity index (χ1n) is 7.67. The van der Waals surface area contributed by atoms with Gasteiger partial charge in [0.25, 0.3) is 5.56 Å². The van der Waals surface area contributed by atoms with E-state index in [1.54, 1.807) is 16.7 Å². The van der Waals surface area contributed by atoms with Gasteiger partial charge in [0, 0.05) is 5.69 Å². The zero-order valence-electron chi connectivity index (χ0n) is 14.1. The molecule has 23 heavy (non-hydrogen) atoms. The Kier molecular flexibility index (Phi) is 4.90. The van der Waals surface area contributed by atoms with Gasteiger partial charge in [0.2, 0.25) is 0 Å². The molecule has 0 saturated heterocycles. The molecule has 0 radical (unpaired) electrons. The average Bonchev–Trinajstić information content (AvgIpc) is 2.50. The first kappa shape index (κ1) is 16.8. The molecule has 2 aromatic rings. The molecular weight excluding hydrogens is 288 g/mol. The van der Waals surface area contributed by atoms with Gasteiger partial charge in [-0.1, -0.05) is 32.9 Å². The summed E-state index contributed by atoms with van der Waals surface area (Å²) in [6, 6.07) is 13.3. The standard InChI is InChI=1S/C19H22N2O2/c1-14-5-6-15(13-20)18(22)21(14)11-12-23-17-9-7-16(8-10-17)19(2,3)4/h5-10H,11-12H2,1-4H3. The van der Waals surface area contributed by atoms with Crippen molar-refractivity contribution in [1.82, 2.24) is 4.57 Å². The van der Waals surface area contributed by atoms with E-state index in [1.807, 2.05) is 25.1 Å². The lowest BCUT2D eigenvalue weighted by atomic mass is 9.87. The summed E-state index contributed by atoms with van der Waals surface area (Å²) in [5.41, 5.74) is 2.07. The predicted octanol–water partition coefficient (Wildman–Crippen LogP) is 3.40. The van der Waals surface area contributed by atoms with E-state index in [0.29, 0.717) is 13.2 Å². The van der Waals surface area contributed by atoms with Gasteiger partial charge in [-0.3, -0.25) is 4.79 Å². The van der Waals surface area contributed by atoms with Gasteiger partial charge in [-0.25, -0.2) is 0 Å². The number of nitriles is 1. The Morgan fingerprint density at radius 2 is 1.78 bits per heavy atom. The summed E-state index contributed by atoms with van der Waals surface area (Å²) >= 11 is 0. The minimum absolute atomic E-state index is 0.112. The highest BCUT2D eigenvalue weighted by atomic mass is 16.5. The molecule has 0 atom stereocenters. The van der Waals surface area contributed by atoms with Gasteiger partial charge in [0.15, 0.2) is 0 Å². The van der Waals surface area contributed by atoms with Crippen LogP contribution in [0.15, 0.2) is 41.2 Å². The van der Waals surface area contributed by atoms with Crippen molar-refractivity contribution in [3.63, 3.8) is 0 Å². The van der Waals surface area contributed by atoms with Crippen LogP contribution in [0.1, 0.15) is 37.6 Å². The number of hydrogen-bond acceptors (Lipinski definition) is 3. The van der Waals surface area contributed by atoms with Crippen LogP contribution in [0.2, 0.25) is 0 Å². The number of rotatable bonds is 4. The SMILES string of the molecule is Cc1ccc(C#N)c(=O)n1CCOc1ccc(C(C)(C)C)cc1. The lowest BCUT2D eigenvalue weighted by Gasteiger charge is -2.19. The maximum atomic E-state index is 12.1. The van der Waals surface area contributed by atoms with Crippen molar-refractivity contribution in [2.75, 3.05) is 6.61 Å². The zero-order chi connectivity index (χ0) is 17.0. The summed E-state index contributed by atoms with van der Waals surface area (Å²) < 4.78 is 7.29. The molecule has 0 spiro atoms. The van der Waals surface area contributed by atoms with E-state index in [0.717, 1.165) is 11.4 Å². The molecule has 0 aliphatic carbocycles. The number of aryl methyl sites for hydroxylation is 1. The fourth-order valence-corrected chi connectivity index (χ4v) is 2.34. The molecule has 120 valence electrons. The van der Waals surface area contributed by atoms with Crippen molar-refractivity contribution in [2.45, 2.75) is 39.7 Å². The fraction of sp³-hybridized carbons (Fsp3) is 0.368. The summed E-state index contributed by atoms with van der Waals surface area (Å²) in [5, 5.41) is 8.93. The Balaban J connectivity index is 2.04. The molecular formula is C19H22N2O2. The summed E-state index contributed by atoms with van der Waals surface area (Å²) in [7, 11) is 0. The third-order valence-corrected chi connectivity index (χ3v) is 3.82. The van der Waals surface area contributed by atoms with Crippen molar-refractivity contribution in [1.29, 1.82) is 5.26 Å². The van der Waals surface area contributed by atoms with Gasteiger partial charge in [-0.05, 0) is 42.2 Å². The largest absolute Gasteiger partial charge is 0.492 e. The summed E-state index contributed by atoms with van der Waals surface area (Å²) in [4.78, 5) is 12.1. The smallest absolute Gasteiger partial charge is 0.268 e. The van der Waals surface area contributed by atoms with Crippen LogP contribution in [0, 0.1) is 18.3 Å². The number of hydrogen-bond donors (Lipinski definition) is 0. The van der Waals surface area contributed by atoms with Crippen LogP contribution >= 0.6 is 0 Å². The Hall–Kier alpha value is -2.54. The maximum absolute atomic E-state index is 12.1. The molecule has 0 bridgehead atoms. The van der Waals surface area contributed by atoms with Crippen molar-refractivity contribution in [3.8, 4) is 11.8 Å². The number of nitrogens with zero attached hydrogens (tertiary/aromatic N) is 2. The zero-order valence-corrected chi connectivity index (χ0v) is 14.1. The van der Waals surface area contributed by atoms with E-state index in [4.69, 9.17) is 10.00 Å². The minimum atomic E-state index is -0.265. The van der Waals surface area contributed by atoms with Gasteiger partial charge in [-0.15, -0.1) is 0 Å². The lowest BCUT2D eigenvalue weighted by molar-refractivity contribution is 0.295. The normalized spacial score (nSPS) is 11.1. The van der Waals surface area contributed by atoms with Gasteiger partial charge in [-0.2, -0.15) is 5.26 Å². The molecule has 1 heterocycles. The number of aromatic nitrogens is 1. The van der Waals surface area contributed by atoms with Crippen LogP contribution in [0.25, 0.3) is 0 Å². The molecule has 0 aliphatic heterocycles. The third-order valence-electron chi connectivity index (χ3n) is 3.82. The van der Waals surface area contributed by atoms with Gasteiger partial charge in [0.1, 0.15) is 24.0 Å². The molecule has 0 fully saturated rings. The van der Waals surface area contributed by atoms with E-state index in [1.165, 1.54) is 5.56 Å². The molecule has 1 aromatic heterocycles. The van der Waals surface area contributed by atoms with E-state index < -0.39 is 0 Å². The summed E-state index contributed by atoms with van der Waals surface area (Å²) in [6.45, 7) is 9.15. The molecule has 0 amide bonds. The van der Waals surface area contributed by atoms with Crippen LogP contribution in [-0.2, 0) is 12.0 Å². The van der Waals surface area contributed by atoms with Crippen LogP contribution in [0.5, 0.6) is 5.75 Å². The minimum Gasteiger partial charge on any atom is -0.492 e. The Bertz CT molecular complexity index is 775. The second-order valence-corrected chi connectivity index (χ2v) is 6.58. The first-order valence-corrected chi connectivity index (χ1v) is 7.67. The second kappa shape index (κ2) is 6.70. The number of pyridine rings is 1. The maximum Gasteiger partial charge on any atom is 0.268 e. The molecule has 0 N–H and O–H groups in total. The molecule has 2 rings (SSSR count). The third kappa shape index (κ3) is 4.01. The Morgan fingerprint density at radius 1 is 1.13 bits per heavy atom. The van der Waals surface area contributed by atoms with Crippen LogP contribution < -0.4 is 10.3 Å².